The molecule has 4 rings (SSSR count). The minimum Gasteiger partial charge on any atom is -0.353 e. The number of aryl methyl sites for hydroxylation is 1. The van der Waals surface area contributed by atoms with Gasteiger partial charge in [0.25, 0.3) is 0 Å². The number of amides is 1. The number of rotatable bonds is 7. The molecule has 0 spiro atoms. The molecule has 2 bridgehead atoms. The molecule has 3 aliphatic rings. The van der Waals surface area contributed by atoms with Crippen LogP contribution >= 0.6 is 0 Å². The van der Waals surface area contributed by atoms with Crippen LogP contribution in [0.15, 0.2) is 30.3 Å². The molecule has 28 heavy (non-hydrogen) atoms. The van der Waals surface area contributed by atoms with Crippen molar-refractivity contribution >= 4 is 15.9 Å². The maximum atomic E-state index is 12.6. The van der Waals surface area contributed by atoms with Crippen LogP contribution < -0.4 is 5.32 Å². The Bertz CT molecular complexity index is 772. The van der Waals surface area contributed by atoms with Crippen molar-refractivity contribution in [1.82, 2.24) is 9.62 Å². The van der Waals surface area contributed by atoms with Crippen LogP contribution in [0.5, 0.6) is 0 Å². The number of benzene rings is 1. The predicted octanol–water partition coefficient (Wildman–Crippen LogP) is 2.97. The molecular weight excluding hydrogens is 372 g/mol. The minimum absolute atomic E-state index is 0.0325. The van der Waals surface area contributed by atoms with Crippen LogP contribution in [0.3, 0.4) is 0 Å². The Kier molecular flexibility index (Phi) is 6.07. The molecule has 2 saturated carbocycles. The molecule has 1 amide bonds. The molecule has 3 atom stereocenters. The fourth-order valence-corrected chi connectivity index (χ4v) is 6.89. The van der Waals surface area contributed by atoms with E-state index < -0.39 is 10.0 Å². The third kappa shape index (κ3) is 4.60. The molecule has 0 radical (unpaired) electrons. The van der Waals surface area contributed by atoms with Crippen LogP contribution in [0.25, 0.3) is 0 Å². The smallest absolute Gasteiger partial charge is 0.223 e. The lowest BCUT2D eigenvalue weighted by atomic mass is 9.93. The lowest BCUT2D eigenvalue weighted by Crippen LogP contribution is -2.46. The van der Waals surface area contributed by atoms with E-state index in [2.05, 4.69) is 5.32 Å². The van der Waals surface area contributed by atoms with E-state index in [4.69, 9.17) is 0 Å². The quantitative estimate of drug-likeness (QED) is 0.760. The second-order valence-electron chi connectivity index (χ2n) is 8.87. The summed E-state index contributed by atoms with van der Waals surface area (Å²) in [5.41, 5.74) is 1.17. The van der Waals surface area contributed by atoms with E-state index in [0.29, 0.717) is 44.3 Å². The largest absolute Gasteiger partial charge is 0.353 e. The summed E-state index contributed by atoms with van der Waals surface area (Å²) in [5.74, 6) is 1.80. The zero-order chi connectivity index (χ0) is 19.6. The van der Waals surface area contributed by atoms with Gasteiger partial charge in [0.05, 0.1) is 5.75 Å². The SMILES string of the molecule is O=C(N[C@H]1C[C@@H]2CC[C@@H]1C2)C1CCN(S(=O)(=O)CCCc2ccccc2)CC1. The zero-order valence-electron chi connectivity index (χ0n) is 16.6. The van der Waals surface area contributed by atoms with Crippen molar-refractivity contribution in [2.75, 3.05) is 18.8 Å². The highest BCUT2D eigenvalue weighted by molar-refractivity contribution is 7.89. The average molecular weight is 405 g/mol. The van der Waals surface area contributed by atoms with Gasteiger partial charge < -0.3 is 5.32 Å². The summed E-state index contributed by atoms with van der Waals surface area (Å²) >= 11 is 0. The van der Waals surface area contributed by atoms with Crippen molar-refractivity contribution in [3.63, 3.8) is 0 Å². The van der Waals surface area contributed by atoms with Crippen molar-refractivity contribution < 1.29 is 13.2 Å². The monoisotopic (exact) mass is 404 g/mol. The fourth-order valence-electron chi connectivity index (χ4n) is 5.35. The summed E-state index contributed by atoms with van der Waals surface area (Å²) in [6, 6.07) is 10.4. The van der Waals surface area contributed by atoms with Gasteiger partial charge in [-0.3, -0.25) is 4.79 Å². The Morgan fingerprint density at radius 1 is 1.04 bits per heavy atom. The number of hydrogen-bond donors (Lipinski definition) is 1. The first-order valence-electron chi connectivity index (χ1n) is 10.8. The summed E-state index contributed by atoms with van der Waals surface area (Å²) < 4.78 is 26.9. The van der Waals surface area contributed by atoms with E-state index >= 15 is 0 Å². The molecule has 0 aromatic heterocycles. The Labute approximate surface area is 168 Å². The van der Waals surface area contributed by atoms with Crippen molar-refractivity contribution in [3.8, 4) is 0 Å². The van der Waals surface area contributed by atoms with Gasteiger partial charge in [-0.25, -0.2) is 12.7 Å². The van der Waals surface area contributed by atoms with Gasteiger partial charge in [0.15, 0.2) is 0 Å². The average Bonchev–Trinajstić information content (AvgIpc) is 3.32. The number of hydrogen-bond acceptors (Lipinski definition) is 3. The fraction of sp³-hybridized carbons (Fsp3) is 0.682. The van der Waals surface area contributed by atoms with E-state index in [1.165, 1.54) is 24.8 Å². The summed E-state index contributed by atoms with van der Waals surface area (Å²) in [5, 5.41) is 3.28. The van der Waals surface area contributed by atoms with Crippen LogP contribution in [-0.4, -0.2) is 43.5 Å². The number of nitrogens with zero attached hydrogens (tertiary/aromatic N) is 1. The van der Waals surface area contributed by atoms with Gasteiger partial charge in [-0.15, -0.1) is 0 Å². The Morgan fingerprint density at radius 3 is 2.43 bits per heavy atom. The minimum atomic E-state index is -3.23. The maximum absolute atomic E-state index is 12.6. The Hall–Kier alpha value is -1.40. The molecule has 1 aromatic carbocycles. The lowest BCUT2D eigenvalue weighted by molar-refractivity contribution is -0.127. The second-order valence-corrected chi connectivity index (χ2v) is 11.0. The Morgan fingerprint density at radius 2 is 1.79 bits per heavy atom. The molecular formula is C22H32N2O3S. The van der Waals surface area contributed by atoms with E-state index in [-0.39, 0.29) is 17.6 Å². The number of nitrogens with one attached hydrogen (secondary N) is 1. The van der Waals surface area contributed by atoms with Crippen molar-refractivity contribution in [3.05, 3.63) is 35.9 Å². The molecule has 1 saturated heterocycles. The van der Waals surface area contributed by atoms with E-state index in [9.17, 15) is 13.2 Å². The number of carbonyl (C=O) groups excluding carboxylic acids is 1. The molecule has 3 fully saturated rings. The highest BCUT2D eigenvalue weighted by atomic mass is 32.2. The number of carbonyl (C=O) groups is 1. The van der Waals surface area contributed by atoms with Crippen molar-refractivity contribution in [1.29, 1.82) is 0 Å². The normalized spacial score (nSPS) is 28.5. The molecule has 2 aliphatic carbocycles. The third-order valence-electron chi connectivity index (χ3n) is 6.99. The summed E-state index contributed by atoms with van der Waals surface area (Å²) in [4.78, 5) is 12.6. The highest BCUT2D eigenvalue weighted by Gasteiger charge is 2.41. The molecule has 154 valence electrons. The van der Waals surface area contributed by atoms with Crippen molar-refractivity contribution in [2.24, 2.45) is 17.8 Å². The summed E-state index contributed by atoms with van der Waals surface area (Å²) in [7, 11) is -3.23. The third-order valence-corrected chi connectivity index (χ3v) is 8.95. The number of piperidine rings is 1. The highest BCUT2D eigenvalue weighted by Crippen LogP contribution is 2.44. The van der Waals surface area contributed by atoms with E-state index in [1.807, 2.05) is 30.3 Å². The van der Waals surface area contributed by atoms with E-state index in [1.54, 1.807) is 4.31 Å². The van der Waals surface area contributed by atoms with Crippen LogP contribution in [0.2, 0.25) is 0 Å². The first kappa shape index (κ1) is 19.9. The summed E-state index contributed by atoms with van der Waals surface area (Å²) in [6.07, 6.45) is 7.72. The molecule has 0 unspecified atom stereocenters. The molecule has 1 heterocycles. The van der Waals surface area contributed by atoms with Crippen LogP contribution in [0, 0.1) is 17.8 Å². The first-order valence-corrected chi connectivity index (χ1v) is 12.4. The lowest BCUT2D eigenvalue weighted by Gasteiger charge is -2.32. The second kappa shape index (κ2) is 8.54. The predicted molar refractivity (Wildman–Crippen MR) is 110 cm³/mol. The van der Waals surface area contributed by atoms with Crippen LogP contribution in [0.1, 0.15) is 50.5 Å². The maximum Gasteiger partial charge on any atom is 0.223 e. The van der Waals surface area contributed by atoms with Gasteiger partial charge in [-0.05, 0) is 62.3 Å². The standard InChI is InChI=1S/C22H32N2O3S/c25-22(23-21-16-18-8-9-20(21)15-18)19-10-12-24(13-11-19)28(26,27)14-4-7-17-5-2-1-3-6-17/h1-3,5-6,18-21H,4,7-16H2,(H,23,25)/t18-,20-,21+/m1/s1. The number of sulfonamides is 1. The Balaban J connectivity index is 1.21. The van der Waals surface area contributed by atoms with Crippen LogP contribution in [-0.2, 0) is 21.2 Å². The summed E-state index contributed by atoms with van der Waals surface area (Å²) in [6.45, 7) is 0.949. The van der Waals surface area contributed by atoms with Crippen molar-refractivity contribution in [2.45, 2.75) is 57.4 Å². The van der Waals surface area contributed by atoms with E-state index in [0.717, 1.165) is 18.8 Å². The van der Waals surface area contributed by atoms with Gasteiger partial charge >= 0.3 is 0 Å². The van der Waals surface area contributed by atoms with Gasteiger partial charge in [0.1, 0.15) is 0 Å². The molecule has 5 nitrogen and oxygen atoms in total. The molecule has 1 aromatic rings. The molecule has 1 N–H and O–H groups in total. The molecule has 6 heteroatoms. The van der Waals surface area contributed by atoms with Gasteiger partial charge in [-0.1, -0.05) is 36.8 Å². The van der Waals surface area contributed by atoms with Crippen LogP contribution in [0.4, 0.5) is 0 Å². The first-order chi connectivity index (χ1) is 13.5. The van der Waals surface area contributed by atoms with Gasteiger partial charge in [-0.2, -0.15) is 0 Å². The molecule has 1 aliphatic heterocycles. The topological polar surface area (TPSA) is 66.5 Å². The zero-order valence-corrected chi connectivity index (χ0v) is 17.4. The van der Waals surface area contributed by atoms with Gasteiger partial charge in [0, 0.05) is 25.0 Å². The number of fused-ring (bicyclic) bond motifs is 2. The van der Waals surface area contributed by atoms with Gasteiger partial charge in [0.2, 0.25) is 15.9 Å².